The number of hydrogen-bond donors (Lipinski definition) is 0. The van der Waals surface area contributed by atoms with Gasteiger partial charge >= 0.3 is 0 Å². The summed E-state index contributed by atoms with van der Waals surface area (Å²) in [6.07, 6.45) is 11.5. The fourth-order valence-electron chi connectivity index (χ4n) is 4.86. The van der Waals surface area contributed by atoms with Crippen molar-refractivity contribution >= 4 is 0 Å². The van der Waals surface area contributed by atoms with E-state index in [1.165, 1.54) is 24.1 Å². The third kappa shape index (κ3) is 3.15. The number of aromatic nitrogens is 2. The lowest BCUT2D eigenvalue weighted by molar-refractivity contribution is -0.0127. The smallest absolute Gasteiger partial charge is 0.111 e. The van der Waals surface area contributed by atoms with Crippen LogP contribution < -0.4 is 0 Å². The molecule has 0 saturated heterocycles. The predicted octanol–water partition coefficient (Wildman–Crippen LogP) is 5.01. The van der Waals surface area contributed by atoms with Crippen molar-refractivity contribution in [3.63, 3.8) is 0 Å². The lowest BCUT2D eigenvalue weighted by Gasteiger charge is -2.30. The maximum atomic E-state index is 10.2. The van der Waals surface area contributed by atoms with E-state index in [1.54, 1.807) is 7.11 Å². The highest BCUT2D eigenvalue weighted by molar-refractivity contribution is 5.76. The maximum absolute atomic E-state index is 10.2. The number of aryl methyl sites for hydroxylation is 2. The van der Waals surface area contributed by atoms with Gasteiger partial charge in [-0.15, -0.1) is 0 Å². The average Bonchev–Trinajstić information content (AvgIpc) is 3.06. The number of pyridine rings is 2. The van der Waals surface area contributed by atoms with Crippen molar-refractivity contribution in [2.45, 2.75) is 70.3 Å². The molecule has 0 radical (unpaired) electrons. The third-order valence-corrected chi connectivity index (χ3v) is 6.25. The second-order valence-electron chi connectivity index (χ2n) is 7.90. The van der Waals surface area contributed by atoms with Crippen LogP contribution in [-0.2, 0) is 23.2 Å². The molecule has 0 unspecified atom stereocenters. The van der Waals surface area contributed by atoms with Crippen LogP contribution in [0.1, 0.15) is 73.2 Å². The minimum Gasteiger partial charge on any atom is -0.372 e. The number of fused-ring (bicyclic) bond motifs is 1. The zero-order valence-corrected chi connectivity index (χ0v) is 16.3. The van der Waals surface area contributed by atoms with E-state index >= 15 is 0 Å². The molecular weight excluding hydrogens is 334 g/mol. The summed E-state index contributed by atoms with van der Waals surface area (Å²) in [4.78, 5) is 9.47. The molecule has 0 aliphatic heterocycles. The van der Waals surface area contributed by atoms with Crippen LogP contribution in [0.3, 0.4) is 0 Å². The van der Waals surface area contributed by atoms with Gasteiger partial charge in [0.05, 0.1) is 11.3 Å². The van der Waals surface area contributed by atoms with Gasteiger partial charge in [-0.2, -0.15) is 5.26 Å². The van der Waals surface area contributed by atoms with E-state index in [1.807, 2.05) is 19.2 Å². The van der Waals surface area contributed by atoms with Crippen LogP contribution in [0.25, 0.3) is 11.1 Å². The van der Waals surface area contributed by atoms with Gasteiger partial charge in [0.2, 0.25) is 0 Å². The van der Waals surface area contributed by atoms with Crippen molar-refractivity contribution in [3.8, 4) is 17.2 Å². The van der Waals surface area contributed by atoms with E-state index in [0.717, 1.165) is 67.5 Å². The van der Waals surface area contributed by atoms with Gasteiger partial charge in [0.15, 0.2) is 0 Å². The minimum absolute atomic E-state index is 0.413. The number of ether oxygens (including phenoxy) is 1. The van der Waals surface area contributed by atoms with Crippen molar-refractivity contribution in [3.05, 3.63) is 46.5 Å². The Hall–Kier alpha value is -2.25. The van der Waals surface area contributed by atoms with Crippen LogP contribution in [0.5, 0.6) is 0 Å². The molecule has 1 saturated carbocycles. The first-order chi connectivity index (χ1) is 13.2. The molecule has 4 rings (SSSR count). The Morgan fingerprint density at radius 1 is 1.11 bits per heavy atom. The Morgan fingerprint density at radius 2 is 1.89 bits per heavy atom. The highest BCUT2D eigenvalue weighted by Gasteiger charge is 2.41. The monoisotopic (exact) mass is 361 g/mol. The molecule has 0 atom stereocenters. The molecule has 0 aromatic carbocycles. The average molecular weight is 361 g/mol. The lowest BCUT2D eigenvalue weighted by Crippen LogP contribution is -2.28. The number of nitriles is 1. The Labute approximate surface area is 161 Å². The van der Waals surface area contributed by atoms with Crippen molar-refractivity contribution in [1.82, 2.24) is 9.97 Å². The molecule has 2 aliphatic rings. The molecule has 2 aromatic heterocycles. The van der Waals surface area contributed by atoms with Crippen LogP contribution in [0.15, 0.2) is 18.3 Å². The number of rotatable bonds is 3. The van der Waals surface area contributed by atoms with Crippen LogP contribution in [0.2, 0.25) is 0 Å². The second kappa shape index (κ2) is 7.40. The van der Waals surface area contributed by atoms with E-state index < -0.39 is 5.60 Å². The van der Waals surface area contributed by atoms with Gasteiger partial charge in [-0.05, 0) is 68.7 Å². The summed E-state index contributed by atoms with van der Waals surface area (Å²) in [7, 11) is 1.77. The summed E-state index contributed by atoms with van der Waals surface area (Å²) in [5, 5.41) is 10.2. The Morgan fingerprint density at radius 3 is 2.59 bits per heavy atom. The first-order valence-corrected chi connectivity index (χ1v) is 10.1. The van der Waals surface area contributed by atoms with E-state index in [-0.39, 0.29) is 0 Å². The van der Waals surface area contributed by atoms with Crippen LogP contribution >= 0.6 is 0 Å². The summed E-state index contributed by atoms with van der Waals surface area (Å²) in [5.74, 6) is 0. The first-order valence-electron chi connectivity index (χ1n) is 10.1. The maximum Gasteiger partial charge on any atom is 0.111 e. The van der Waals surface area contributed by atoms with Gasteiger partial charge < -0.3 is 4.74 Å². The van der Waals surface area contributed by atoms with Crippen molar-refractivity contribution in [2.75, 3.05) is 7.11 Å². The zero-order valence-electron chi connectivity index (χ0n) is 16.3. The van der Waals surface area contributed by atoms with Gasteiger partial charge in [-0.25, -0.2) is 0 Å². The molecule has 0 N–H and O–H groups in total. The molecule has 27 heavy (non-hydrogen) atoms. The van der Waals surface area contributed by atoms with Gasteiger partial charge in [-0.3, -0.25) is 9.97 Å². The molecular formula is C23H27N3O. The minimum atomic E-state index is -0.413. The highest BCUT2D eigenvalue weighted by atomic mass is 16.5. The fraction of sp³-hybridized carbons (Fsp3) is 0.522. The number of methoxy groups -OCH3 is 1. The van der Waals surface area contributed by atoms with Gasteiger partial charge in [-0.1, -0.05) is 19.3 Å². The molecule has 1 fully saturated rings. The lowest BCUT2D eigenvalue weighted by atomic mass is 9.85. The number of nitrogens with zero attached hydrogens (tertiary/aromatic N) is 3. The topological polar surface area (TPSA) is 58.8 Å². The Bertz CT molecular complexity index is 891. The normalized spacial score (nSPS) is 18.6. The van der Waals surface area contributed by atoms with Crippen molar-refractivity contribution in [1.29, 1.82) is 5.26 Å². The second-order valence-corrected chi connectivity index (χ2v) is 7.90. The van der Waals surface area contributed by atoms with E-state index in [2.05, 4.69) is 17.1 Å². The van der Waals surface area contributed by atoms with E-state index in [9.17, 15) is 5.26 Å². The summed E-state index contributed by atoms with van der Waals surface area (Å²) < 4.78 is 6.04. The molecule has 140 valence electrons. The molecule has 2 aromatic rings. The number of hydrogen-bond acceptors (Lipinski definition) is 4. The SMILES string of the molecule is COC1(c2nc3c(c(-c4ccnc(C)c4)c2C#N)CCCCC3)CCCC1. The molecule has 2 aliphatic carbocycles. The first kappa shape index (κ1) is 18.1. The van der Waals surface area contributed by atoms with Crippen LogP contribution in [0.4, 0.5) is 0 Å². The van der Waals surface area contributed by atoms with Crippen LogP contribution in [-0.4, -0.2) is 17.1 Å². The Kier molecular flexibility index (Phi) is 4.97. The van der Waals surface area contributed by atoms with Crippen LogP contribution in [0, 0.1) is 18.3 Å². The van der Waals surface area contributed by atoms with Gasteiger partial charge in [0.25, 0.3) is 0 Å². The molecule has 4 nitrogen and oxygen atoms in total. The largest absolute Gasteiger partial charge is 0.372 e. The fourth-order valence-corrected chi connectivity index (χ4v) is 4.86. The third-order valence-electron chi connectivity index (χ3n) is 6.25. The summed E-state index contributed by atoms with van der Waals surface area (Å²) in [6, 6.07) is 6.66. The highest BCUT2D eigenvalue weighted by Crippen LogP contribution is 2.45. The van der Waals surface area contributed by atoms with Gasteiger partial charge in [0.1, 0.15) is 11.7 Å². The van der Waals surface area contributed by atoms with E-state index in [0.29, 0.717) is 5.56 Å². The summed E-state index contributed by atoms with van der Waals surface area (Å²) >= 11 is 0. The molecule has 4 heteroatoms. The van der Waals surface area contributed by atoms with Crippen molar-refractivity contribution in [2.24, 2.45) is 0 Å². The predicted molar refractivity (Wildman–Crippen MR) is 105 cm³/mol. The summed E-state index contributed by atoms with van der Waals surface area (Å²) in [5.41, 5.74) is 6.75. The molecule has 0 bridgehead atoms. The van der Waals surface area contributed by atoms with Gasteiger partial charge in [0, 0.05) is 30.3 Å². The van der Waals surface area contributed by atoms with E-state index in [4.69, 9.17) is 9.72 Å². The Balaban J connectivity index is 2.03. The summed E-state index contributed by atoms with van der Waals surface area (Å²) in [6.45, 7) is 2.00. The molecule has 2 heterocycles. The quantitative estimate of drug-likeness (QED) is 0.721. The zero-order chi connectivity index (χ0) is 18.9. The molecule has 0 amide bonds. The molecule has 0 spiro atoms. The van der Waals surface area contributed by atoms with Crippen molar-refractivity contribution < 1.29 is 4.74 Å². The standard InChI is InChI=1S/C23H27N3O/c1-16-14-17(10-13-25-16)21-18-8-4-3-5-9-20(18)26-22(19(21)15-24)23(27-2)11-6-7-12-23/h10,13-14H,3-9,11-12H2,1-2H3.